The number of amides is 1. The maximum atomic E-state index is 12.0. The molecule has 0 aliphatic carbocycles. The molecule has 0 radical (unpaired) electrons. The van der Waals surface area contributed by atoms with Crippen molar-refractivity contribution in [3.8, 4) is 5.75 Å². The number of hydrogen-bond acceptors (Lipinski definition) is 5. The van der Waals surface area contributed by atoms with E-state index < -0.39 is 18.5 Å². The maximum absolute atomic E-state index is 12.0. The molecule has 0 saturated heterocycles. The van der Waals surface area contributed by atoms with E-state index in [0.717, 1.165) is 0 Å². The van der Waals surface area contributed by atoms with Crippen LogP contribution >= 0.6 is 11.6 Å². The van der Waals surface area contributed by atoms with Crippen molar-refractivity contribution in [3.63, 3.8) is 0 Å². The van der Waals surface area contributed by atoms with Crippen molar-refractivity contribution in [2.75, 3.05) is 11.9 Å². The van der Waals surface area contributed by atoms with E-state index in [-0.39, 0.29) is 12.4 Å². The van der Waals surface area contributed by atoms with Crippen molar-refractivity contribution in [2.45, 2.75) is 6.61 Å². The first kappa shape index (κ1) is 18.5. The standard InChI is InChI=1S/C20H16ClNO5/c21-14-6-8-15(9-7-14)22-19(23)13-26-20(24)18-11-10-17(27-18)12-25-16-4-2-1-3-5-16/h1-11H,12-13H2,(H,22,23). The molecule has 1 amide bonds. The molecular weight excluding hydrogens is 370 g/mol. The number of carbonyl (C=O) groups excluding carboxylic acids is 2. The lowest BCUT2D eigenvalue weighted by Gasteiger charge is -2.06. The van der Waals surface area contributed by atoms with Gasteiger partial charge in [0.2, 0.25) is 5.76 Å². The topological polar surface area (TPSA) is 77.8 Å². The van der Waals surface area contributed by atoms with Crippen LogP contribution in [0.5, 0.6) is 5.75 Å². The molecule has 3 aromatic rings. The first-order valence-electron chi connectivity index (χ1n) is 8.09. The van der Waals surface area contributed by atoms with Gasteiger partial charge in [0.1, 0.15) is 18.1 Å². The van der Waals surface area contributed by atoms with E-state index in [9.17, 15) is 9.59 Å². The summed E-state index contributed by atoms with van der Waals surface area (Å²) in [5.74, 6) is -0.0358. The molecule has 3 rings (SSSR count). The van der Waals surface area contributed by atoms with Crippen LogP contribution in [0.1, 0.15) is 16.3 Å². The molecule has 1 aromatic heterocycles. The minimum absolute atomic E-state index is 0.000884. The van der Waals surface area contributed by atoms with Crippen molar-refractivity contribution in [1.82, 2.24) is 0 Å². The number of rotatable bonds is 7. The monoisotopic (exact) mass is 385 g/mol. The summed E-state index contributed by atoms with van der Waals surface area (Å²) in [5, 5.41) is 3.15. The van der Waals surface area contributed by atoms with Crippen LogP contribution in [0, 0.1) is 0 Å². The van der Waals surface area contributed by atoms with Crippen LogP contribution in [0.2, 0.25) is 5.02 Å². The Hall–Kier alpha value is -3.25. The molecule has 0 unspecified atom stereocenters. The van der Waals surface area contributed by atoms with Gasteiger partial charge in [-0.1, -0.05) is 29.8 Å². The molecule has 0 atom stereocenters. The largest absolute Gasteiger partial charge is 0.486 e. The van der Waals surface area contributed by atoms with Crippen LogP contribution < -0.4 is 10.1 Å². The number of benzene rings is 2. The van der Waals surface area contributed by atoms with Gasteiger partial charge in [-0.25, -0.2) is 4.79 Å². The van der Waals surface area contributed by atoms with Gasteiger partial charge in [0.15, 0.2) is 6.61 Å². The van der Waals surface area contributed by atoms with Gasteiger partial charge in [-0.2, -0.15) is 0 Å². The van der Waals surface area contributed by atoms with Gasteiger partial charge in [0.25, 0.3) is 5.91 Å². The Morgan fingerprint density at radius 1 is 0.963 bits per heavy atom. The summed E-state index contributed by atoms with van der Waals surface area (Å²) in [6, 6.07) is 18.9. The molecule has 0 spiro atoms. The summed E-state index contributed by atoms with van der Waals surface area (Å²) in [6.07, 6.45) is 0. The van der Waals surface area contributed by atoms with Gasteiger partial charge in [0.05, 0.1) is 0 Å². The maximum Gasteiger partial charge on any atom is 0.374 e. The third-order valence-electron chi connectivity index (χ3n) is 3.45. The van der Waals surface area contributed by atoms with E-state index in [0.29, 0.717) is 22.2 Å². The molecule has 0 aliphatic rings. The van der Waals surface area contributed by atoms with Crippen molar-refractivity contribution in [3.05, 3.63) is 83.3 Å². The number of hydrogen-bond donors (Lipinski definition) is 1. The van der Waals surface area contributed by atoms with Crippen LogP contribution in [0.4, 0.5) is 5.69 Å². The molecule has 6 nitrogen and oxygen atoms in total. The Morgan fingerprint density at radius 2 is 1.70 bits per heavy atom. The van der Waals surface area contributed by atoms with Crippen molar-refractivity contribution in [1.29, 1.82) is 0 Å². The van der Waals surface area contributed by atoms with Crippen LogP contribution in [-0.2, 0) is 16.1 Å². The van der Waals surface area contributed by atoms with Gasteiger partial charge in [0, 0.05) is 10.7 Å². The Kier molecular flexibility index (Phi) is 6.12. The molecule has 1 N–H and O–H groups in total. The fourth-order valence-corrected chi connectivity index (χ4v) is 2.29. The van der Waals surface area contributed by atoms with Crippen molar-refractivity contribution in [2.24, 2.45) is 0 Å². The molecule has 27 heavy (non-hydrogen) atoms. The fourth-order valence-electron chi connectivity index (χ4n) is 2.17. The van der Waals surface area contributed by atoms with Gasteiger partial charge >= 0.3 is 5.97 Å². The third kappa shape index (κ3) is 5.62. The zero-order chi connectivity index (χ0) is 19.1. The molecule has 1 heterocycles. The second kappa shape index (κ2) is 8.91. The number of nitrogens with one attached hydrogen (secondary N) is 1. The van der Waals surface area contributed by atoms with Crippen LogP contribution in [0.15, 0.2) is 71.1 Å². The second-order valence-electron chi connectivity index (χ2n) is 5.50. The minimum atomic E-state index is -0.729. The lowest BCUT2D eigenvalue weighted by molar-refractivity contribution is -0.119. The highest BCUT2D eigenvalue weighted by atomic mass is 35.5. The Bertz CT molecular complexity index is 906. The predicted octanol–water partition coefficient (Wildman–Crippen LogP) is 4.31. The number of esters is 1. The number of anilines is 1. The average Bonchev–Trinajstić information content (AvgIpc) is 3.16. The molecule has 0 aliphatic heterocycles. The molecule has 0 bridgehead atoms. The summed E-state index contributed by atoms with van der Waals surface area (Å²) in [6.45, 7) is -0.258. The number of halogens is 1. The first-order chi connectivity index (χ1) is 13.1. The van der Waals surface area contributed by atoms with Crippen LogP contribution in [-0.4, -0.2) is 18.5 Å². The fraction of sp³-hybridized carbons (Fsp3) is 0.100. The summed E-state index contributed by atoms with van der Waals surface area (Å²) in [4.78, 5) is 23.8. The lowest BCUT2D eigenvalue weighted by atomic mass is 10.3. The van der Waals surface area contributed by atoms with E-state index in [2.05, 4.69) is 5.32 Å². The SMILES string of the molecule is O=C(COC(=O)c1ccc(COc2ccccc2)o1)Nc1ccc(Cl)cc1. The smallest absolute Gasteiger partial charge is 0.374 e. The number of carbonyl (C=O) groups is 2. The highest BCUT2D eigenvalue weighted by Gasteiger charge is 2.15. The Balaban J connectivity index is 1.46. The van der Waals surface area contributed by atoms with Gasteiger partial charge < -0.3 is 19.2 Å². The minimum Gasteiger partial charge on any atom is -0.486 e. The van der Waals surface area contributed by atoms with E-state index in [1.807, 2.05) is 30.3 Å². The predicted molar refractivity (Wildman–Crippen MR) is 99.8 cm³/mol. The lowest BCUT2D eigenvalue weighted by Crippen LogP contribution is -2.20. The zero-order valence-electron chi connectivity index (χ0n) is 14.2. The third-order valence-corrected chi connectivity index (χ3v) is 3.70. The van der Waals surface area contributed by atoms with Crippen molar-refractivity contribution < 1.29 is 23.5 Å². The van der Waals surface area contributed by atoms with Crippen LogP contribution in [0.25, 0.3) is 0 Å². The summed E-state index contributed by atoms with van der Waals surface area (Å²) in [7, 11) is 0. The normalized spacial score (nSPS) is 10.3. The Morgan fingerprint density at radius 3 is 2.44 bits per heavy atom. The zero-order valence-corrected chi connectivity index (χ0v) is 14.9. The quantitative estimate of drug-likeness (QED) is 0.613. The summed E-state index contributed by atoms with van der Waals surface area (Å²) in [5.41, 5.74) is 0.554. The highest BCUT2D eigenvalue weighted by molar-refractivity contribution is 6.30. The first-order valence-corrected chi connectivity index (χ1v) is 8.47. The van der Waals surface area contributed by atoms with Crippen molar-refractivity contribution >= 4 is 29.2 Å². The highest BCUT2D eigenvalue weighted by Crippen LogP contribution is 2.15. The molecule has 138 valence electrons. The van der Waals surface area contributed by atoms with Gasteiger partial charge in [-0.3, -0.25) is 4.79 Å². The van der Waals surface area contributed by atoms with E-state index >= 15 is 0 Å². The number of furan rings is 1. The van der Waals surface area contributed by atoms with Gasteiger partial charge in [-0.15, -0.1) is 0 Å². The molecule has 2 aromatic carbocycles. The van der Waals surface area contributed by atoms with E-state index in [4.69, 9.17) is 25.5 Å². The molecular formula is C20H16ClNO5. The molecule has 0 fully saturated rings. The van der Waals surface area contributed by atoms with E-state index in [1.165, 1.54) is 6.07 Å². The van der Waals surface area contributed by atoms with E-state index in [1.54, 1.807) is 30.3 Å². The van der Waals surface area contributed by atoms with Gasteiger partial charge in [-0.05, 0) is 48.5 Å². The number of ether oxygens (including phenoxy) is 2. The number of para-hydroxylation sites is 1. The second-order valence-corrected chi connectivity index (χ2v) is 5.94. The summed E-state index contributed by atoms with van der Waals surface area (Å²) < 4.78 is 15.9. The molecule has 0 saturated carbocycles. The Labute approximate surface area is 160 Å². The summed E-state index contributed by atoms with van der Waals surface area (Å²) >= 11 is 5.78. The molecule has 7 heteroatoms. The average molecular weight is 386 g/mol. The van der Waals surface area contributed by atoms with Crippen LogP contribution in [0.3, 0.4) is 0 Å².